The average Bonchev–Trinajstić information content (AvgIpc) is 3.12. The van der Waals surface area contributed by atoms with Gasteiger partial charge in [-0.15, -0.1) is 0 Å². The highest BCUT2D eigenvalue weighted by atomic mass is 19.1. The van der Waals surface area contributed by atoms with Crippen LogP contribution >= 0.6 is 0 Å². The smallest absolute Gasteiger partial charge is 0.270 e. The molecule has 0 fully saturated rings. The van der Waals surface area contributed by atoms with Crippen molar-refractivity contribution < 1.29 is 9.18 Å². The van der Waals surface area contributed by atoms with Crippen LogP contribution in [0.3, 0.4) is 0 Å². The molecule has 4 rings (SSSR count). The molecule has 5 nitrogen and oxygen atoms in total. The molecule has 0 radical (unpaired) electrons. The normalized spacial score (nSPS) is 14.4. The Labute approximate surface area is 119 Å². The summed E-state index contributed by atoms with van der Waals surface area (Å²) in [6.45, 7) is 1.16. The van der Waals surface area contributed by atoms with Gasteiger partial charge in [-0.1, -0.05) is 6.07 Å². The summed E-state index contributed by atoms with van der Waals surface area (Å²) in [7, 11) is 0. The number of hydrogen-bond acceptors (Lipinski definition) is 2. The molecule has 0 unspecified atom stereocenters. The van der Waals surface area contributed by atoms with Crippen molar-refractivity contribution in [1.29, 1.82) is 0 Å². The van der Waals surface area contributed by atoms with Crippen molar-refractivity contribution in [1.82, 2.24) is 20.1 Å². The number of hydrogen-bond donors (Lipinski definition) is 2. The van der Waals surface area contributed by atoms with Crippen LogP contribution in [-0.4, -0.2) is 32.5 Å². The van der Waals surface area contributed by atoms with Gasteiger partial charge in [-0.25, -0.2) is 4.39 Å². The molecule has 3 aromatic rings. The maximum absolute atomic E-state index is 13.7. The number of halogens is 1. The third-order valence-electron chi connectivity index (χ3n) is 3.93. The quantitative estimate of drug-likeness (QED) is 0.719. The molecular formula is C15H13FN4O. The van der Waals surface area contributed by atoms with E-state index in [1.807, 2.05) is 0 Å². The van der Waals surface area contributed by atoms with E-state index in [0.717, 1.165) is 17.7 Å². The summed E-state index contributed by atoms with van der Waals surface area (Å²) in [5.41, 5.74) is 3.18. The van der Waals surface area contributed by atoms with E-state index < -0.39 is 0 Å². The Balaban J connectivity index is 1.66. The van der Waals surface area contributed by atoms with E-state index in [1.165, 1.54) is 6.07 Å². The molecule has 0 atom stereocenters. The number of nitrogens with one attached hydrogen (secondary N) is 2. The number of nitrogens with zero attached hydrogens (tertiary/aromatic N) is 2. The third kappa shape index (κ3) is 1.91. The van der Waals surface area contributed by atoms with Gasteiger partial charge < -0.3 is 9.88 Å². The average molecular weight is 284 g/mol. The summed E-state index contributed by atoms with van der Waals surface area (Å²) in [6, 6.07) is 6.36. The highest BCUT2D eigenvalue weighted by molar-refractivity contribution is 5.98. The van der Waals surface area contributed by atoms with E-state index in [0.29, 0.717) is 29.7 Å². The first-order valence-corrected chi connectivity index (χ1v) is 6.80. The van der Waals surface area contributed by atoms with Crippen molar-refractivity contribution >= 4 is 16.8 Å². The van der Waals surface area contributed by atoms with Crippen LogP contribution in [0.4, 0.5) is 4.39 Å². The lowest BCUT2D eigenvalue weighted by atomic mass is 10.1. The minimum atomic E-state index is -0.321. The van der Waals surface area contributed by atoms with Crippen LogP contribution in [0, 0.1) is 5.82 Å². The molecule has 2 N–H and O–H groups in total. The Morgan fingerprint density at radius 3 is 3.14 bits per heavy atom. The van der Waals surface area contributed by atoms with Gasteiger partial charge in [-0.3, -0.25) is 9.89 Å². The van der Waals surface area contributed by atoms with Crippen LogP contribution in [0.15, 0.2) is 30.5 Å². The molecule has 0 saturated heterocycles. The largest absolute Gasteiger partial charge is 0.350 e. The monoisotopic (exact) mass is 284 g/mol. The lowest BCUT2D eigenvalue weighted by Gasteiger charge is -2.26. The molecule has 6 heteroatoms. The van der Waals surface area contributed by atoms with Gasteiger partial charge in [0, 0.05) is 41.7 Å². The first kappa shape index (κ1) is 12.1. The number of aromatic amines is 2. The predicted octanol–water partition coefficient (Wildman–Crippen LogP) is 2.23. The van der Waals surface area contributed by atoms with Crippen LogP contribution in [-0.2, 0) is 13.0 Å². The SMILES string of the molecule is O=C(c1cc2c(F)cccc2[nH]1)N1CCc2[nH]ncc2C1. The third-order valence-corrected chi connectivity index (χ3v) is 3.93. The maximum Gasteiger partial charge on any atom is 0.270 e. The fraction of sp³-hybridized carbons (Fsp3) is 0.200. The molecule has 1 amide bonds. The van der Waals surface area contributed by atoms with Crippen LogP contribution < -0.4 is 0 Å². The van der Waals surface area contributed by atoms with E-state index in [4.69, 9.17) is 0 Å². The molecule has 1 aliphatic heterocycles. The number of amides is 1. The first-order chi connectivity index (χ1) is 10.2. The van der Waals surface area contributed by atoms with Gasteiger partial charge in [0.1, 0.15) is 11.5 Å². The number of carbonyl (C=O) groups is 1. The lowest BCUT2D eigenvalue weighted by Crippen LogP contribution is -2.35. The van der Waals surface area contributed by atoms with Gasteiger partial charge in [-0.05, 0) is 18.2 Å². The standard InChI is InChI=1S/C15H13FN4O/c16-11-2-1-3-13-10(11)6-14(18-13)15(21)20-5-4-12-9(8-20)7-17-19-12/h1-3,6-7,18H,4-5,8H2,(H,17,19). The minimum absolute atomic E-state index is 0.113. The van der Waals surface area contributed by atoms with E-state index in [9.17, 15) is 9.18 Å². The van der Waals surface area contributed by atoms with Crippen LogP contribution in [0.1, 0.15) is 21.7 Å². The number of aromatic nitrogens is 3. The molecule has 1 aromatic carbocycles. The van der Waals surface area contributed by atoms with Gasteiger partial charge >= 0.3 is 0 Å². The fourth-order valence-electron chi connectivity index (χ4n) is 2.80. The maximum atomic E-state index is 13.7. The van der Waals surface area contributed by atoms with E-state index >= 15 is 0 Å². The second-order valence-electron chi connectivity index (χ2n) is 5.23. The van der Waals surface area contributed by atoms with Crippen molar-refractivity contribution in [3.05, 3.63) is 53.2 Å². The first-order valence-electron chi connectivity index (χ1n) is 6.80. The highest BCUT2D eigenvalue weighted by Crippen LogP contribution is 2.22. The Morgan fingerprint density at radius 2 is 2.29 bits per heavy atom. The molecule has 0 saturated carbocycles. The van der Waals surface area contributed by atoms with Gasteiger partial charge in [0.05, 0.1) is 6.20 Å². The zero-order valence-corrected chi connectivity index (χ0v) is 11.2. The Morgan fingerprint density at radius 1 is 1.38 bits per heavy atom. The van der Waals surface area contributed by atoms with Crippen LogP contribution in [0.5, 0.6) is 0 Å². The second-order valence-corrected chi connectivity index (χ2v) is 5.23. The van der Waals surface area contributed by atoms with Crippen molar-refractivity contribution in [3.63, 3.8) is 0 Å². The number of fused-ring (bicyclic) bond motifs is 2. The van der Waals surface area contributed by atoms with Crippen LogP contribution in [0.25, 0.3) is 10.9 Å². The molecule has 3 heterocycles. The zero-order valence-electron chi connectivity index (χ0n) is 11.2. The number of rotatable bonds is 1. The highest BCUT2D eigenvalue weighted by Gasteiger charge is 2.24. The molecule has 21 heavy (non-hydrogen) atoms. The van der Waals surface area contributed by atoms with Crippen molar-refractivity contribution in [2.75, 3.05) is 6.54 Å². The Kier molecular flexibility index (Phi) is 2.57. The Hall–Kier alpha value is -2.63. The number of H-pyrrole nitrogens is 2. The molecule has 0 bridgehead atoms. The number of carbonyl (C=O) groups excluding carboxylic acids is 1. The minimum Gasteiger partial charge on any atom is -0.350 e. The lowest BCUT2D eigenvalue weighted by molar-refractivity contribution is 0.0729. The molecule has 2 aromatic heterocycles. The van der Waals surface area contributed by atoms with E-state index in [2.05, 4.69) is 15.2 Å². The van der Waals surface area contributed by atoms with Gasteiger partial charge in [0.2, 0.25) is 0 Å². The van der Waals surface area contributed by atoms with Gasteiger partial charge in [0.25, 0.3) is 5.91 Å². The zero-order chi connectivity index (χ0) is 14.4. The summed E-state index contributed by atoms with van der Waals surface area (Å²) in [4.78, 5) is 17.3. The van der Waals surface area contributed by atoms with Gasteiger partial charge in [0.15, 0.2) is 0 Å². The molecular weight excluding hydrogens is 271 g/mol. The topological polar surface area (TPSA) is 64.8 Å². The van der Waals surface area contributed by atoms with E-state index in [-0.39, 0.29) is 11.7 Å². The predicted molar refractivity (Wildman–Crippen MR) is 75.3 cm³/mol. The molecule has 106 valence electrons. The summed E-state index contributed by atoms with van der Waals surface area (Å²) in [6.07, 6.45) is 2.51. The molecule has 1 aliphatic rings. The van der Waals surface area contributed by atoms with Crippen molar-refractivity contribution in [2.45, 2.75) is 13.0 Å². The van der Waals surface area contributed by atoms with Crippen LogP contribution in [0.2, 0.25) is 0 Å². The summed E-state index contributed by atoms with van der Waals surface area (Å²) < 4.78 is 13.7. The number of benzene rings is 1. The van der Waals surface area contributed by atoms with Crippen molar-refractivity contribution in [2.24, 2.45) is 0 Å². The molecule has 0 spiro atoms. The molecule has 0 aliphatic carbocycles. The fourth-order valence-corrected chi connectivity index (χ4v) is 2.80. The summed E-state index contributed by atoms with van der Waals surface area (Å²) in [5.74, 6) is -0.434. The summed E-state index contributed by atoms with van der Waals surface area (Å²) in [5, 5.41) is 7.38. The Bertz CT molecular complexity index is 835. The van der Waals surface area contributed by atoms with E-state index in [1.54, 1.807) is 29.3 Å². The summed E-state index contributed by atoms with van der Waals surface area (Å²) >= 11 is 0. The van der Waals surface area contributed by atoms with Gasteiger partial charge in [-0.2, -0.15) is 5.10 Å². The van der Waals surface area contributed by atoms with Crippen molar-refractivity contribution in [3.8, 4) is 0 Å². The second kappa shape index (κ2) is 4.44.